The number of nitrogens with one attached hydrogen (secondary N) is 1. The average molecular weight is 244 g/mol. The van der Waals surface area contributed by atoms with E-state index in [1.165, 1.54) is 24.0 Å². The van der Waals surface area contributed by atoms with Gasteiger partial charge in [-0.2, -0.15) is 0 Å². The van der Waals surface area contributed by atoms with E-state index in [0.29, 0.717) is 6.04 Å². The second kappa shape index (κ2) is 4.82. The maximum Gasteiger partial charge on any atom is 0.159 e. The summed E-state index contributed by atoms with van der Waals surface area (Å²) in [5, 5.41) is 3.41. The van der Waals surface area contributed by atoms with Crippen LogP contribution in [-0.4, -0.2) is 29.8 Å². The van der Waals surface area contributed by atoms with E-state index in [2.05, 4.69) is 22.3 Å². The third kappa shape index (κ3) is 2.20. The van der Waals surface area contributed by atoms with E-state index in [-0.39, 0.29) is 5.78 Å². The third-order valence-electron chi connectivity index (χ3n) is 4.18. The van der Waals surface area contributed by atoms with Crippen LogP contribution in [0.5, 0.6) is 0 Å². The zero-order valence-electron chi connectivity index (χ0n) is 10.9. The molecule has 3 rings (SSSR count). The predicted octanol–water partition coefficient (Wildman–Crippen LogP) is 1.96. The lowest BCUT2D eigenvalue weighted by Crippen LogP contribution is -2.40. The van der Waals surface area contributed by atoms with Gasteiger partial charge < -0.3 is 5.32 Å². The minimum atomic E-state index is 0.165. The van der Waals surface area contributed by atoms with Crippen LogP contribution < -0.4 is 5.32 Å². The molecular formula is C15H20N2O. The molecule has 0 aromatic heterocycles. The summed E-state index contributed by atoms with van der Waals surface area (Å²) in [5.74, 6) is 0.165. The van der Waals surface area contributed by atoms with Crippen LogP contribution in [-0.2, 0) is 13.1 Å². The van der Waals surface area contributed by atoms with Crippen molar-refractivity contribution in [2.24, 2.45) is 0 Å². The Morgan fingerprint density at radius 1 is 1.22 bits per heavy atom. The number of hydrogen-bond acceptors (Lipinski definition) is 3. The molecule has 18 heavy (non-hydrogen) atoms. The van der Waals surface area contributed by atoms with Gasteiger partial charge in [0.2, 0.25) is 0 Å². The molecule has 1 N–H and O–H groups in total. The molecule has 1 aromatic carbocycles. The van der Waals surface area contributed by atoms with Gasteiger partial charge in [0, 0.05) is 24.7 Å². The second-order valence-corrected chi connectivity index (χ2v) is 5.43. The molecule has 3 heteroatoms. The minimum absolute atomic E-state index is 0.165. The van der Waals surface area contributed by atoms with Crippen LogP contribution in [0, 0.1) is 0 Å². The van der Waals surface area contributed by atoms with E-state index in [1.54, 1.807) is 6.92 Å². The van der Waals surface area contributed by atoms with Crippen molar-refractivity contribution < 1.29 is 4.79 Å². The van der Waals surface area contributed by atoms with Gasteiger partial charge in [0.25, 0.3) is 0 Å². The van der Waals surface area contributed by atoms with Crippen molar-refractivity contribution in [1.29, 1.82) is 0 Å². The number of hydrogen-bond donors (Lipinski definition) is 1. The van der Waals surface area contributed by atoms with E-state index >= 15 is 0 Å². The Hall–Kier alpha value is -1.19. The molecule has 96 valence electrons. The van der Waals surface area contributed by atoms with E-state index in [4.69, 9.17) is 0 Å². The first kappa shape index (κ1) is 11.9. The number of benzene rings is 1. The summed E-state index contributed by atoms with van der Waals surface area (Å²) in [6.07, 6.45) is 2.49. The summed E-state index contributed by atoms with van der Waals surface area (Å²) in [4.78, 5) is 14.0. The van der Waals surface area contributed by atoms with E-state index < -0.39 is 0 Å². The monoisotopic (exact) mass is 244 g/mol. The molecule has 2 heterocycles. The van der Waals surface area contributed by atoms with Gasteiger partial charge in [-0.3, -0.25) is 9.69 Å². The van der Waals surface area contributed by atoms with Crippen molar-refractivity contribution in [2.75, 3.05) is 13.1 Å². The normalized spacial score (nSPS) is 20.9. The molecule has 0 radical (unpaired) electrons. The summed E-state index contributed by atoms with van der Waals surface area (Å²) in [6.45, 7) is 5.98. The Morgan fingerprint density at radius 2 is 1.94 bits per heavy atom. The molecule has 2 aliphatic heterocycles. The first-order valence-corrected chi connectivity index (χ1v) is 6.81. The summed E-state index contributed by atoms with van der Waals surface area (Å²) >= 11 is 0. The fourth-order valence-electron chi connectivity index (χ4n) is 3.07. The van der Waals surface area contributed by atoms with Crippen molar-refractivity contribution >= 4 is 5.78 Å². The fraction of sp³-hybridized carbons (Fsp3) is 0.533. The Bertz CT molecular complexity index is 464. The molecule has 0 unspecified atom stereocenters. The van der Waals surface area contributed by atoms with Crippen molar-refractivity contribution in [3.63, 3.8) is 0 Å². The maximum atomic E-state index is 11.4. The fourth-order valence-corrected chi connectivity index (χ4v) is 3.07. The number of nitrogens with zero attached hydrogens (tertiary/aromatic N) is 1. The van der Waals surface area contributed by atoms with Crippen LogP contribution in [0.3, 0.4) is 0 Å². The quantitative estimate of drug-likeness (QED) is 0.807. The SMILES string of the molecule is CC(=O)c1ccc2c(c1)CN(C1CCNCC1)C2. The number of rotatable bonds is 2. The topological polar surface area (TPSA) is 32.3 Å². The zero-order valence-corrected chi connectivity index (χ0v) is 10.9. The van der Waals surface area contributed by atoms with Crippen LogP contribution in [0.15, 0.2) is 18.2 Å². The summed E-state index contributed by atoms with van der Waals surface area (Å²) in [6, 6.07) is 6.89. The van der Waals surface area contributed by atoms with Crippen molar-refractivity contribution in [1.82, 2.24) is 10.2 Å². The van der Waals surface area contributed by atoms with E-state index in [9.17, 15) is 4.79 Å². The number of fused-ring (bicyclic) bond motifs is 1. The lowest BCUT2D eigenvalue weighted by atomic mass is 10.0. The summed E-state index contributed by atoms with van der Waals surface area (Å²) < 4.78 is 0. The molecule has 3 nitrogen and oxygen atoms in total. The van der Waals surface area contributed by atoms with Gasteiger partial charge in [-0.25, -0.2) is 0 Å². The third-order valence-corrected chi connectivity index (χ3v) is 4.18. The molecule has 0 atom stereocenters. The lowest BCUT2D eigenvalue weighted by molar-refractivity contribution is 0.101. The van der Waals surface area contributed by atoms with Crippen molar-refractivity contribution in [3.8, 4) is 0 Å². The molecule has 0 amide bonds. The Kier molecular flexibility index (Phi) is 3.18. The molecule has 1 saturated heterocycles. The minimum Gasteiger partial charge on any atom is -0.317 e. The Labute approximate surface area is 108 Å². The first-order valence-electron chi connectivity index (χ1n) is 6.81. The number of carbonyl (C=O) groups excluding carboxylic acids is 1. The van der Waals surface area contributed by atoms with Crippen LogP contribution in [0.4, 0.5) is 0 Å². The van der Waals surface area contributed by atoms with Crippen LogP contribution in [0.2, 0.25) is 0 Å². The maximum absolute atomic E-state index is 11.4. The molecule has 1 aromatic rings. The van der Waals surface area contributed by atoms with E-state index in [1.807, 2.05) is 6.07 Å². The zero-order chi connectivity index (χ0) is 12.5. The number of Topliss-reactive ketones (excluding diaryl/α,β-unsaturated/α-hetero) is 1. The summed E-state index contributed by atoms with van der Waals surface area (Å²) in [5.41, 5.74) is 3.60. The van der Waals surface area contributed by atoms with Crippen LogP contribution in [0.25, 0.3) is 0 Å². The molecule has 1 fully saturated rings. The standard InChI is InChI=1S/C15H20N2O/c1-11(18)12-2-3-13-9-17(10-14(13)8-12)15-4-6-16-7-5-15/h2-3,8,15-16H,4-7,9-10H2,1H3. The Morgan fingerprint density at radius 3 is 2.67 bits per heavy atom. The van der Waals surface area contributed by atoms with Gasteiger partial charge in [-0.15, -0.1) is 0 Å². The molecule has 0 spiro atoms. The smallest absolute Gasteiger partial charge is 0.159 e. The number of piperidine rings is 1. The van der Waals surface area contributed by atoms with Gasteiger partial charge in [0.1, 0.15) is 0 Å². The number of ketones is 1. The molecule has 0 bridgehead atoms. The lowest BCUT2D eigenvalue weighted by Gasteiger charge is -2.31. The largest absolute Gasteiger partial charge is 0.317 e. The molecule has 0 saturated carbocycles. The van der Waals surface area contributed by atoms with Gasteiger partial charge >= 0.3 is 0 Å². The van der Waals surface area contributed by atoms with Gasteiger partial charge in [-0.1, -0.05) is 12.1 Å². The molecule has 0 aliphatic carbocycles. The Balaban J connectivity index is 1.76. The van der Waals surface area contributed by atoms with Crippen LogP contribution >= 0.6 is 0 Å². The van der Waals surface area contributed by atoms with Gasteiger partial charge in [0.05, 0.1) is 0 Å². The average Bonchev–Trinajstić information content (AvgIpc) is 2.82. The van der Waals surface area contributed by atoms with Gasteiger partial charge in [-0.05, 0) is 50.0 Å². The predicted molar refractivity (Wildman–Crippen MR) is 71.6 cm³/mol. The highest BCUT2D eigenvalue weighted by molar-refractivity contribution is 5.94. The first-order chi connectivity index (χ1) is 8.74. The summed E-state index contributed by atoms with van der Waals surface area (Å²) in [7, 11) is 0. The second-order valence-electron chi connectivity index (χ2n) is 5.43. The highest BCUT2D eigenvalue weighted by Gasteiger charge is 2.27. The highest BCUT2D eigenvalue weighted by atomic mass is 16.1. The highest BCUT2D eigenvalue weighted by Crippen LogP contribution is 2.28. The van der Waals surface area contributed by atoms with Crippen molar-refractivity contribution in [3.05, 3.63) is 34.9 Å². The van der Waals surface area contributed by atoms with Gasteiger partial charge in [0.15, 0.2) is 5.78 Å². The number of carbonyl (C=O) groups is 1. The van der Waals surface area contributed by atoms with E-state index in [0.717, 1.165) is 31.7 Å². The van der Waals surface area contributed by atoms with Crippen LogP contribution in [0.1, 0.15) is 41.3 Å². The molecule has 2 aliphatic rings. The van der Waals surface area contributed by atoms with Crippen molar-refractivity contribution in [2.45, 2.75) is 38.9 Å². The molecular weight excluding hydrogens is 224 g/mol.